The molecule has 0 aliphatic heterocycles. The molecule has 0 saturated heterocycles. The van der Waals surface area contributed by atoms with E-state index in [-0.39, 0.29) is 5.56 Å². The number of nitrogen functional groups attached to an aromatic ring is 1. The third-order valence-corrected chi connectivity index (χ3v) is 3.24. The second-order valence-corrected chi connectivity index (χ2v) is 4.78. The van der Waals surface area contributed by atoms with E-state index in [4.69, 9.17) is 5.73 Å². The summed E-state index contributed by atoms with van der Waals surface area (Å²) in [6, 6.07) is 2.86. The van der Waals surface area contributed by atoms with Crippen molar-refractivity contribution in [3.05, 3.63) is 35.1 Å². The fourth-order valence-electron chi connectivity index (χ4n) is 2.20. The molecular weight excluding hydrogens is 286 g/mol. The molecule has 0 saturated carbocycles. The molecule has 1 aromatic carbocycles. The van der Waals surface area contributed by atoms with E-state index < -0.39 is 17.6 Å². The first-order valence-corrected chi connectivity index (χ1v) is 6.44. The Labute approximate surface area is 119 Å². The maximum absolute atomic E-state index is 13.3. The Hall–Kier alpha value is -2.05. The van der Waals surface area contributed by atoms with Crippen molar-refractivity contribution in [3.8, 4) is 11.3 Å². The summed E-state index contributed by atoms with van der Waals surface area (Å²) in [7, 11) is 1.62. The van der Waals surface area contributed by atoms with Crippen LogP contribution < -0.4 is 5.73 Å². The van der Waals surface area contributed by atoms with E-state index in [1.807, 2.05) is 6.92 Å². The third-order valence-electron chi connectivity index (χ3n) is 3.24. The summed E-state index contributed by atoms with van der Waals surface area (Å²) in [5, 5.41) is 4.15. The minimum Gasteiger partial charge on any atom is -0.384 e. The van der Waals surface area contributed by atoms with E-state index in [9.17, 15) is 17.6 Å². The van der Waals surface area contributed by atoms with Crippen LogP contribution in [0.2, 0.25) is 0 Å². The van der Waals surface area contributed by atoms with Crippen LogP contribution in [0.5, 0.6) is 0 Å². The zero-order valence-electron chi connectivity index (χ0n) is 11.6. The molecule has 0 amide bonds. The molecule has 2 N–H and O–H groups in total. The number of hydrogen-bond acceptors (Lipinski definition) is 2. The average Bonchev–Trinajstić information content (AvgIpc) is 2.67. The Bertz CT molecular complexity index is 659. The highest BCUT2D eigenvalue weighted by atomic mass is 19.4. The summed E-state index contributed by atoms with van der Waals surface area (Å²) in [5.74, 6) is -0.892. The first kappa shape index (κ1) is 15.3. The van der Waals surface area contributed by atoms with Gasteiger partial charge in [-0.25, -0.2) is 4.39 Å². The van der Waals surface area contributed by atoms with Gasteiger partial charge in [0.25, 0.3) is 0 Å². The molecule has 0 spiro atoms. The van der Waals surface area contributed by atoms with Gasteiger partial charge in [-0.2, -0.15) is 18.3 Å². The second-order valence-electron chi connectivity index (χ2n) is 4.78. The van der Waals surface area contributed by atoms with Crippen LogP contribution in [0, 0.1) is 5.82 Å². The quantitative estimate of drug-likeness (QED) is 0.877. The summed E-state index contributed by atoms with van der Waals surface area (Å²) in [6.45, 7) is 1.93. The van der Waals surface area contributed by atoms with Crippen molar-refractivity contribution in [1.82, 2.24) is 9.78 Å². The summed E-state index contributed by atoms with van der Waals surface area (Å²) >= 11 is 0. The number of rotatable bonds is 3. The topological polar surface area (TPSA) is 43.8 Å². The standard InChI is InChI=1S/C14H15F4N3/c1-3-4-9-12(20-21(2)13(9)19)8-5-6-11(15)10(7-8)14(16,17)18/h5-7H,3-4,19H2,1-2H3. The molecule has 7 heteroatoms. The maximum Gasteiger partial charge on any atom is 0.419 e. The van der Waals surface area contributed by atoms with Crippen LogP contribution in [0.15, 0.2) is 18.2 Å². The highest BCUT2D eigenvalue weighted by molar-refractivity contribution is 5.69. The maximum atomic E-state index is 13.3. The van der Waals surface area contributed by atoms with Gasteiger partial charge in [0.05, 0.1) is 11.3 Å². The van der Waals surface area contributed by atoms with Gasteiger partial charge < -0.3 is 5.73 Å². The number of halogens is 4. The smallest absolute Gasteiger partial charge is 0.384 e. The second kappa shape index (κ2) is 5.38. The van der Waals surface area contributed by atoms with Crippen molar-refractivity contribution in [1.29, 1.82) is 0 Å². The minimum atomic E-state index is -4.74. The lowest BCUT2D eigenvalue weighted by molar-refractivity contribution is -0.139. The number of alkyl halides is 3. The molecule has 1 heterocycles. The molecule has 3 nitrogen and oxygen atoms in total. The fourth-order valence-corrected chi connectivity index (χ4v) is 2.20. The van der Waals surface area contributed by atoms with E-state index in [1.165, 1.54) is 10.7 Å². The van der Waals surface area contributed by atoms with Crippen LogP contribution in [0.25, 0.3) is 11.3 Å². The number of nitrogens with zero attached hydrogens (tertiary/aromatic N) is 2. The summed E-state index contributed by atoms with van der Waals surface area (Å²) in [4.78, 5) is 0. The largest absolute Gasteiger partial charge is 0.419 e. The Morgan fingerprint density at radius 3 is 2.52 bits per heavy atom. The summed E-state index contributed by atoms with van der Waals surface area (Å²) in [6.07, 6.45) is -3.38. The zero-order chi connectivity index (χ0) is 15.8. The van der Waals surface area contributed by atoms with Gasteiger partial charge in [0.15, 0.2) is 0 Å². The third kappa shape index (κ3) is 2.86. The number of nitrogens with two attached hydrogens (primary N) is 1. The van der Waals surface area contributed by atoms with Gasteiger partial charge in [-0.05, 0) is 24.6 Å². The predicted molar refractivity (Wildman–Crippen MR) is 72.0 cm³/mol. The number of aryl methyl sites for hydroxylation is 1. The first-order valence-electron chi connectivity index (χ1n) is 6.44. The summed E-state index contributed by atoms with van der Waals surface area (Å²) < 4.78 is 53.1. The van der Waals surface area contributed by atoms with Gasteiger partial charge in [-0.15, -0.1) is 0 Å². The molecule has 2 aromatic rings. The van der Waals surface area contributed by atoms with Gasteiger partial charge in [-0.3, -0.25) is 4.68 Å². The van der Waals surface area contributed by atoms with Crippen molar-refractivity contribution < 1.29 is 17.6 Å². The van der Waals surface area contributed by atoms with Crippen molar-refractivity contribution >= 4 is 5.82 Å². The van der Waals surface area contributed by atoms with Crippen molar-refractivity contribution in [2.45, 2.75) is 25.9 Å². The van der Waals surface area contributed by atoms with Crippen molar-refractivity contribution in [3.63, 3.8) is 0 Å². The van der Waals surface area contributed by atoms with E-state index in [0.29, 0.717) is 23.5 Å². The lowest BCUT2D eigenvalue weighted by Crippen LogP contribution is -2.08. The fraction of sp³-hybridized carbons (Fsp3) is 0.357. The lowest BCUT2D eigenvalue weighted by Gasteiger charge is -2.10. The molecular formula is C14H15F4N3. The van der Waals surface area contributed by atoms with Crippen LogP contribution >= 0.6 is 0 Å². The molecule has 0 unspecified atom stereocenters. The molecule has 1 aromatic heterocycles. The van der Waals surface area contributed by atoms with E-state index in [1.54, 1.807) is 7.05 Å². The Kier molecular flexibility index (Phi) is 3.93. The van der Waals surface area contributed by atoms with Crippen LogP contribution in [0.4, 0.5) is 23.4 Å². The summed E-state index contributed by atoms with van der Waals surface area (Å²) in [5.41, 5.74) is 5.84. The Morgan fingerprint density at radius 1 is 1.29 bits per heavy atom. The number of hydrogen-bond donors (Lipinski definition) is 1. The normalized spacial score (nSPS) is 11.9. The van der Waals surface area contributed by atoms with Gasteiger partial charge in [0.2, 0.25) is 0 Å². The molecule has 0 aliphatic carbocycles. The molecule has 0 bridgehead atoms. The Balaban J connectivity index is 2.60. The minimum absolute atomic E-state index is 0.208. The van der Waals surface area contributed by atoms with Gasteiger partial charge in [-0.1, -0.05) is 13.3 Å². The first-order chi connectivity index (χ1) is 9.75. The van der Waals surface area contributed by atoms with E-state index >= 15 is 0 Å². The molecule has 2 rings (SSSR count). The monoisotopic (exact) mass is 301 g/mol. The average molecular weight is 301 g/mol. The molecule has 0 atom stereocenters. The molecule has 21 heavy (non-hydrogen) atoms. The van der Waals surface area contributed by atoms with E-state index in [2.05, 4.69) is 5.10 Å². The Morgan fingerprint density at radius 2 is 1.95 bits per heavy atom. The number of aromatic nitrogens is 2. The molecule has 0 fully saturated rings. The highest BCUT2D eigenvalue weighted by Gasteiger charge is 2.34. The van der Waals surface area contributed by atoms with Crippen LogP contribution in [0.3, 0.4) is 0 Å². The number of benzene rings is 1. The van der Waals surface area contributed by atoms with Crippen molar-refractivity contribution in [2.75, 3.05) is 5.73 Å². The van der Waals surface area contributed by atoms with Gasteiger partial charge in [0.1, 0.15) is 11.6 Å². The highest BCUT2D eigenvalue weighted by Crippen LogP contribution is 2.35. The lowest BCUT2D eigenvalue weighted by atomic mass is 10.0. The van der Waals surface area contributed by atoms with Crippen LogP contribution in [-0.2, 0) is 19.6 Å². The number of anilines is 1. The molecule has 0 radical (unpaired) electrons. The van der Waals surface area contributed by atoms with Crippen LogP contribution in [0.1, 0.15) is 24.5 Å². The van der Waals surface area contributed by atoms with Gasteiger partial charge >= 0.3 is 6.18 Å². The molecule has 114 valence electrons. The van der Waals surface area contributed by atoms with E-state index in [0.717, 1.165) is 18.6 Å². The predicted octanol–water partition coefficient (Wildman–Crippen LogP) is 3.78. The zero-order valence-corrected chi connectivity index (χ0v) is 11.6. The SMILES string of the molecule is CCCc1c(-c2ccc(F)c(C(F)(F)F)c2)nn(C)c1N. The van der Waals surface area contributed by atoms with Gasteiger partial charge in [0, 0.05) is 18.2 Å². The van der Waals surface area contributed by atoms with Crippen LogP contribution in [-0.4, -0.2) is 9.78 Å². The van der Waals surface area contributed by atoms with Crippen molar-refractivity contribution in [2.24, 2.45) is 7.05 Å². The molecule has 0 aliphatic rings.